The fraction of sp³-hybridized carbons (Fsp3) is 0.375. The molecule has 2 fully saturated rings. The van der Waals surface area contributed by atoms with E-state index in [1.165, 1.54) is 6.42 Å². The normalized spacial score (nSPS) is 23.2. The molecule has 0 unspecified atom stereocenters. The largest absolute Gasteiger partial charge is 0.352 e. The molecule has 1 saturated heterocycles. The summed E-state index contributed by atoms with van der Waals surface area (Å²) in [6.07, 6.45) is 4.28. The molecule has 2 atom stereocenters. The van der Waals surface area contributed by atoms with Crippen LogP contribution in [0.3, 0.4) is 0 Å². The Kier molecular flexibility index (Phi) is 5.57. The highest BCUT2D eigenvalue weighted by Crippen LogP contribution is 2.35. The molecule has 0 radical (unpaired) electrons. The molecule has 4 rings (SSSR count). The van der Waals surface area contributed by atoms with Crippen molar-refractivity contribution < 1.29 is 14.4 Å². The molecular formula is C24H27N3O3. The number of carbonyl (C=O) groups excluding carboxylic acids is 3. The summed E-state index contributed by atoms with van der Waals surface area (Å²) in [6.45, 7) is 1.85. The Morgan fingerprint density at radius 3 is 2.13 bits per heavy atom. The van der Waals surface area contributed by atoms with Gasteiger partial charge in [0, 0.05) is 6.04 Å². The van der Waals surface area contributed by atoms with Gasteiger partial charge in [-0.15, -0.1) is 0 Å². The first kappa shape index (κ1) is 20.1. The van der Waals surface area contributed by atoms with Crippen molar-refractivity contribution in [1.29, 1.82) is 0 Å². The smallest absolute Gasteiger partial charge is 0.326 e. The van der Waals surface area contributed by atoms with E-state index in [2.05, 4.69) is 17.6 Å². The zero-order valence-electron chi connectivity index (χ0n) is 17.1. The van der Waals surface area contributed by atoms with Gasteiger partial charge in [-0.05, 0) is 29.9 Å². The zero-order chi connectivity index (χ0) is 21.1. The van der Waals surface area contributed by atoms with E-state index in [1.807, 2.05) is 60.7 Å². The Hall–Kier alpha value is -3.15. The van der Waals surface area contributed by atoms with Gasteiger partial charge in [-0.3, -0.25) is 14.5 Å². The van der Waals surface area contributed by atoms with Crippen LogP contribution in [0.25, 0.3) is 0 Å². The van der Waals surface area contributed by atoms with Crippen LogP contribution in [-0.4, -0.2) is 35.3 Å². The summed E-state index contributed by atoms with van der Waals surface area (Å²) in [5.41, 5.74) is -0.00501. The lowest BCUT2D eigenvalue weighted by atomic mass is 9.82. The van der Waals surface area contributed by atoms with E-state index in [1.54, 1.807) is 0 Å². The molecule has 0 bridgehead atoms. The SMILES string of the molecule is C[C@@H]1CCCC[C@H]1NC(=O)CN1C(=O)NC(c2ccccc2)(c2ccccc2)C1=O. The molecule has 2 aliphatic rings. The zero-order valence-corrected chi connectivity index (χ0v) is 17.1. The lowest BCUT2D eigenvalue weighted by Gasteiger charge is -2.30. The van der Waals surface area contributed by atoms with Crippen LogP contribution in [0, 0.1) is 5.92 Å². The highest BCUT2D eigenvalue weighted by Gasteiger charge is 2.54. The average molecular weight is 405 g/mol. The van der Waals surface area contributed by atoms with Crippen molar-refractivity contribution in [2.45, 2.75) is 44.2 Å². The van der Waals surface area contributed by atoms with Crippen molar-refractivity contribution >= 4 is 17.8 Å². The van der Waals surface area contributed by atoms with E-state index in [0.717, 1.165) is 24.2 Å². The third kappa shape index (κ3) is 3.58. The molecule has 1 heterocycles. The summed E-state index contributed by atoms with van der Waals surface area (Å²) in [6, 6.07) is 17.9. The molecule has 2 N–H and O–H groups in total. The van der Waals surface area contributed by atoms with E-state index < -0.39 is 17.5 Å². The Morgan fingerprint density at radius 2 is 1.57 bits per heavy atom. The van der Waals surface area contributed by atoms with Crippen LogP contribution < -0.4 is 10.6 Å². The molecule has 30 heavy (non-hydrogen) atoms. The molecule has 156 valence electrons. The third-order valence-corrected chi connectivity index (χ3v) is 6.28. The van der Waals surface area contributed by atoms with Gasteiger partial charge in [-0.2, -0.15) is 0 Å². The molecule has 4 amide bonds. The summed E-state index contributed by atoms with van der Waals surface area (Å²) in [5, 5.41) is 5.91. The number of carbonyl (C=O) groups is 3. The number of nitrogens with one attached hydrogen (secondary N) is 2. The molecule has 1 aliphatic heterocycles. The van der Waals surface area contributed by atoms with Crippen molar-refractivity contribution in [1.82, 2.24) is 15.5 Å². The predicted molar refractivity (Wildman–Crippen MR) is 113 cm³/mol. The van der Waals surface area contributed by atoms with Gasteiger partial charge in [0.25, 0.3) is 5.91 Å². The number of rotatable bonds is 5. The van der Waals surface area contributed by atoms with Crippen LogP contribution in [0.2, 0.25) is 0 Å². The van der Waals surface area contributed by atoms with Crippen LogP contribution in [0.5, 0.6) is 0 Å². The van der Waals surface area contributed by atoms with E-state index in [9.17, 15) is 14.4 Å². The molecule has 2 aromatic rings. The van der Waals surface area contributed by atoms with E-state index >= 15 is 0 Å². The van der Waals surface area contributed by atoms with Gasteiger partial charge in [-0.25, -0.2) is 4.79 Å². The number of hydrogen-bond acceptors (Lipinski definition) is 3. The molecule has 1 saturated carbocycles. The summed E-state index contributed by atoms with van der Waals surface area (Å²) in [5.74, 6) is -0.329. The molecular weight excluding hydrogens is 378 g/mol. The summed E-state index contributed by atoms with van der Waals surface area (Å²) in [4.78, 5) is 40.2. The molecule has 6 heteroatoms. The molecule has 1 aliphatic carbocycles. The Labute approximate surface area is 176 Å². The van der Waals surface area contributed by atoms with Crippen LogP contribution in [0.15, 0.2) is 60.7 Å². The average Bonchev–Trinajstić information content (AvgIpc) is 3.02. The number of nitrogens with zero attached hydrogens (tertiary/aromatic N) is 1. The molecule has 0 aromatic heterocycles. The second-order valence-corrected chi connectivity index (χ2v) is 8.24. The van der Waals surface area contributed by atoms with Gasteiger partial charge in [0.2, 0.25) is 5.91 Å². The standard InChI is InChI=1S/C24H27N3O3/c1-17-10-8-9-15-20(17)25-21(28)16-27-22(29)24(26-23(27)30,18-11-4-2-5-12-18)19-13-6-3-7-14-19/h2-7,11-14,17,20H,8-10,15-16H2,1H3,(H,25,28)(H,26,30)/t17-,20-/m1/s1. The summed E-state index contributed by atoms with van der Waals surface area (Å²) >= 11 is 0. The maximum atomic E-state index is 13.6. The van der Waals surface area contributed by atoms with E-state index in [-0.39, 0.29) is 18.5 Å². The highest BCUT2D eigenvalue weighted by atomic mass is 16.2. The van der Waals surface area contributed by atoms with Crippen LogP contribution >= 0.6 is 0 Å². The Bertz CT molecular complexity index is 890. The van der Waals surface area contributed by atoms with Gasteiger partial charge in [0.05, 0.1) is 0 Å². The van der Waals surface area contributed by atoms with Crippen LogP contribution in [-0.2, 0) is 15.1 Å². The quantitative estimate of drug-likeness (QED) is 0.750. The van der Waals surface area contributed by atoms with Crippen molar-refractivity contribution in [3.05, 3.63) is 71.8 Å². The fourth-order valence-corrected chi connectivity index (χ4v) is 4.58. The minimum atomic E-state index is -1.34. The number of amides is 4. The summed E-state index contributed by atoms with van der Waals surface area (Å²) < 4.78 is 0. The lowest BCUT2D eigenvalue weighted by molar-refractivity contribution is -0.134. The number of benzene rings is 2. The maximum Gasteiger partial charge on any atom is 0.326 e. The first-order chi connectivity index (χ1) is 14.5. The van der Waals surface area contributed by atoms with Gasteiger partial charge >= 0.3 is 6.03 Å². The maximum absolute atomic E-state index is 13.6. The van der Waals surface area contributed by atoms with Gasteiger partial charge in [0.1, 0.15) is 6.54 Å². The van der Waals surface area contributed by atoms with Crippen molar-refractivity contribution in [2.24, 2.45) is 5.92 Å². The van der Waals surface area contributed by atoms with Crippen LogP contribution in [0.1, 0.15) is 43.7 Å². The van der Waals surface area contributed by atoms with Gasteiger partial charge in [0.15, 0.2) is 5.54 Å². The Morgan fingerprint density at radius 1 is 1.00 bits per heavy atom. The predicted octanol–water partition coefficient (Wildman–Crippen LogP) is 3.18. The first-order valence-corrected chi connectivity index (χ1v) is 10.6. The minimum Gasteiger partial charge on any atom is -0.352 e. The number of imide groups is 1. The lowest BCUT2D eigenvalue weighted by Crippen LogP contribution is -2.48. The first-order valence-electron chi connectivity index (χ1n) is 10.6. The number of urea groups is 1. The van der Waals surface area contributed by atoms with E-state index in [4.69, 9.17) is 0 Å². The van der Waals surface area contributed by atoms with Gasteiger partial charge < -0.3 is 10.6 Å². The van der Waals surface area contributed by atoms with Crippen molar-refractivity contribution in [2.75, 3.05) is 6.54 Å². The molecule has 2 aromatic carbocycles. The van der Waals surface area contributed by atoms with Crippen molar-refractivity contribution in [3.63, 3.8) is 0 Å². The highest BCUT2D eigenvalue weighted by molar-refractivity contribution is 6.11. The second kappa shape index (κ2) is 8.30. The Balaban J connectivity index is 1.60. The fourth-order valence-electron chi connectivity index (χ4n) is 4.58. The topological polar surface area (TPSA) is 78.5 Å². The third-order valence-electron chi connectivity index (χ3n) is 6.28. The molecule has 0 spiro atoms. The minimum absolute atomic E-state index is 0.0972. The number of hydrogen-bond donors (Lipinski definition) is 2. The summed E-state index contributed by atoms with van der Waals surface area (Å²) in [7, 11) is 0. The molecule has 6 nitrogen and oxygen atoms in total. The second-order valence-electron chi connectivity index (χ2n) is 8.24. The van der Waals surface area contributed by atoms with Gasteiger partial charge in [-0.1, -0.05) is 80.4 Å². The monoisotopic (exact) mass is 405 g/mol. The van der Waals surface area contributed by atoms with Crippen LogP contribution in [0.4, 0.5) is 4.79 Å². The van der Waals surface area contributed by atoms with Crippen molar-refractivity contribution in [3.8, 4) is 0 Å². The van der Waals surface area contributed by atoms with E-state index in [0.29, 0.717) is 17.0 Å².